The highest BCUT2D eigenvalue weighted by Gasteiger charge is 2.40. The first kappa shape index (κ1) is 24.1. The van der Waals surface area contributed by atoms with Gasteiger partial charge in [-0.15, -0.1) is 5.10 Å². The maximum Gasteiger partial charge on any atom is 0.226 e. The van der Waals surface area contributed by atoms with Crippen LogP contribution in [0.1, 0.15) is 68.3 Å². The first-order valence-electron chi connectivity index (χ1n) is 12.8. The van der Waals surface area contributed by atoms with Crippen molar-refractivity contribution in [3.8, 4) is 5.75 Å². The van der Waals surface area contributed by atoms with Gasteiger partial charge in [-0.1, -0.05) is 36.6 Å². The summed E-state index contributed by atoms with van der Waals surface area (Å²) in [7, 11) is 1.82. The fourth-order valence-electron chi connectivity index (χ4n) is 5.97. The Morgan fingerprint density at radius 2 is 2.00 bits per heavy atom. The molecule has 3 aliphatic rings. The van der Waals surface area contributed by atoms with Crippen LogP contribution >= 0.6 is 11.6 Å². The number of aromatic nitrogens is 3. The molecule has 2 aromatic rings. The topological polar surface area (TPSA) is 80.6 Å². The van der Waals surface area contributed by atoms with Crippen LogP contribution in [-0.4, -0.2) is 56.2 Å². The molecule has 1 saturated carbocycles. The van der Waals surface area contributed by atoms with Crippen molar-refractivity contribution >= 4 is 23.4 Å². The van der Waals surface area contributed by atoms with Crippen molar-refractivity contribution in [2.24, 2.45) is 18.9 Å². The van der Waals surface area contributed by atoms with E-state index in [1.165, 1.54) is 6.42 Å². The monoisotopic (exact) mass is 499 g/mol. The number of halogens is 1. The first-order chi connectivity index (χ1) is 16.9. The smallest absolute Gasteiger partial charge is 0.226 e. The molecule has 8 nitrogen and oxygen atoms in total. The zero-order valence-corrected chi connectivity index (χ0v) is 21.3. The molecule has 0 bridgehead atoms. The second kappa shape index (κ2) is 10.2. The van der Waals surface area contributed by atoms with Crippen molar-refractivity contribution in [3.05, 3.63) is 40.2 Å². The number of rotatable bonds is 6. The first-order valence-corrected chi connectivity index (χ1v) is 13.2. The average Bonchev–Trinajstić information content (AvgIpc) is 3.46. The quantitative estimate of drug-likeness (QED) is 0.601. The van der Waals surface area contributed by atoms with Gasteiger partial charge < -0.3 is 14.5 Å². The van der Waals surface area contributed by atoms with Crippen LogP contribution in [0.5, 0.6) is 5.75 Å². The van der Waals surface area contributed by atoms with Gasteiger partial charge in [0.15, 0.2) is 0 Å². The molecule has 0 spiro atoms. The predicted octanol–water partition coefficient (Wildman–Crippen LogP) is 3.92. The summed E-state index contributed by atoms with van der Waals surface area (Å²) < 4.78 is 7.90. The SMILES string of the molecule is C[C@H]1CCCC[C@H]1C(=O)N1CCc2c(Cl)ccc(OCc3cn(C)nn3)c2[C@H]1CN1CCCC1=O. The number of amides is 2. The van der Waals surface area contributed by atoms with Crippen LogP contribution in [0.3, 0.4) is 0 Å². The number of nitrogens with zero attached hydrogens (tertiary/aromatic N) is 5. The Bertz CT molecular complexity index is 1100. The molecular formula is C26H34ClN5O3. The fourth-order valence-corrected chi connectivity index (χ4v) is 6.23. The molecule has 0 N–H and O–H groups in total. The molecule has 2 amide bonds. The van der Waals surface area contributed by atoms with Gasteiger partial charge in [0.2, 0.25) is 11.8 Å². The number of ether oxygens (including phenoxy) is 1. The van der Waals surface area contributed by atoms with E-state index in [0.717, 1.165) is 49.0 Å². The third-order valence-corrected chi connectivity index (χ3v) is 8.23. The number of carbonyl (C=O) groups is 2. The van der Waals surface area contributed by atoms with E-state index in [0.29, 0.717) is 42.6 Å². The number of likely N-dealkylation sites (tertiary alicyclic amines) is 1. The molecule has 188 valence electrons. The van der Waals surface area contributed by atoms with Crippen LogP contribution in [0.25, 0.3) is 0 Å². The summed E-state index contributed by atoms with van der Waals surface area (Å²) in [5.74, 6) is 1.46. The lowest BCUT2D eigenvalue weighted by Crippen LogP contribution is -2.49. The normalized spacial score (nSPS) is 24.5. The molecular weight excluding hydrogens is 466 g/mol. The van der Waals surface area contributed by atoms with Gasteiger partial charge in [-0.2, -0.15) is 0 Å². The van der Waals surface area contributed by atoms with E-state index in [1.54, 1.807) is 4.68 Å². The third kappa shape index (κ3) is 4.90. The minimum absolute atomic E-state index is 0.0326. The molecule has 0 unspecified atom stereocenters. The second-order valence-corrected chi connectivity index (χ2v) is 10.6. The number of hydrogen-bond donors (Lipinski definition) is 0. The molecule has 2 fully saturated rings. The third-order valence-electron chi connectivity index (χ3n) is 7.87. The van der Waals surface area contributed by atoms with Crippen molar-refractivity contribution in [2.75, 3.05) is 19.6 Å². The average molecular weight is 500 g/mol. The fraction of sp³-hybridized carbons (Fsp3) is 0.615. The van der Waals surface area contributed by atoms with Crippen molar-refractivity contribution < 1.29 is 14.3 Å². The minimum Gasteiger partial charge on any atom is -0.487 e. The number of aryl methyl sites for hydroxylation is 1. The van der Waals surface area contributed by atoms with Gasteiger partial charge in [-0.25, -0.2) is 0 Å². The number of benzene rings is 1. The van der Waals surface area contributed by atoms with Gasteiger partial charge >= 0.3 is 0 Å². The van der Waals surface area contributed by atoms with Gasteiger partial charge in [0.1, 0.15) is 18.1 Å². The summed E-state index contributed by atoms with van der Waals surface area (Å²) >= 11 is 6.68. The molecule has 3 heterocycles. The molecule has 0 radical (unpaired) electrons. The van der Waals surface area contributed by atoms with Crippen LogP contribution in [0.2, 0.25) is 5.02 Å². The van der Waals surface area contributed by atoms with E-state index < -0.39 is 0 Å². The van der Waals surface area contributed by atoms with Crippen molar-refractivity contribution in [2.45, 2.75) is 64.5 Å². The van der Waals surface area contributed by atoms with Gasteiger partial charge in [0, 0.05) is 49.6 Å². The molecule has 1 aromatic carbocycles. The lowest BCUT2D eigenvalue weighted by molar-refractivity contribution is -0.143. The maximum atomic E-state index is 13.9. The van der Waals surface area contributed by atoms with Crippen molar-refractivity contribution in [3.63, 3.8) is 0 Å². The van der Waals surface area contributed by atoms with E-state index >= 15 is 0 Å². The summed E-state index contributed by atoms with van der Waals surface area (Å²) in [5, 5.41) is 8.80. The van der Waals surface area contributed by atoms with Crippen LogP contribution < -0.4 is 4.74 Å². The Balaban J connectivity index is 1.50. The molecule has 3 atom stereocenters. The minimum atomic E-state index is -0.280. The van der Waals surface area contributed by atoms with Gasteiger partial charge in [0.25, 0.3) is 0 Å². The highest BCUT2D eigenvalue weighted by molar-refractivity contribution is 6.31. The summed E-state index contributed by atoms with van der Waals surface area (Å²) in [5.41, 5.74) is 2.67. The molecule has 2 aliphatic heterocycles. The Labute approximate surface area is 211 Å². The van der Waals surface area contributed by atoms with Crippen molar-refractivity contribution in [1.29, 1.82) is 0 Å². The lowest BCUT2D eigenvalue weighted by atomic mass is 9.78. The van der Waals surface area contributed by atoms with Crippen LogP contribution in [0, 0.1) is 11.8 Å². The van der Waals surface area contributed by atoms with Gasteiger partial charge in [0.05, 0.1) is 12.2 Å². The van der Waals surface area contributed by atoms with Gasteiger partial charge in [-0.3, -0.25) is 14.3 Å². The standard InChI is InChI=1S/C26H34ClN5O3/c1-17-6-3-4-7-19(17)26(34)32-13-11-20-21(27)9-10-23(35-16-18-14-30(2)29-28-18)25(20)22(32)15-31-12-5-8-24(31)33/h9-10,14,17,19,22H,3-8,11-13,15-16H2,1-2H3/t17-,19+,22+/m0/s1. The lowest BCUT2D eigenvalue weighted by Gasteiger charge is -2.43. The van der Waals surface area contributed by atoms with E-state index in [2.05, 4.69) is 17.2 Å². The van der Waals surface area contributed by atoms with Crippen LogP contribution in [0.15, 0.2) is 18.3 Å². The van der Waals surface area contributed by atoms with Crippen molar-refractivity contribution in [1.82, 2.24) is 24.8 Å². The molecule has 1 aliphatic carbocycles. The van der Waals surface area contributed by atoms with Crippen LogP contribution in [-0.2, 0) is 29.7 Å². The Morgan fingerprint density at radius 3 is 2.71 bits per heavy atom. The summed E-state index contributed by atoms with van der Waals surface area (Å²) in [4.78, 5) is 30.5. The summed E-state index contributed by atoms with van der Waals surface area (Å²) in [6, 6.07) is 3.47. The zero-order valence-electron chi connectivity index (χ0n) is 20.6. The number of fused-ring (bicyclic) bond motifs is 1. The largest absolute Gasteiger partial charge is 0.487 e. The summed E-state index contributed by atoms with van der Waals surface area (Å²) in [6.45, 7) is 4.27. The Morgan fingerprint density at radius 1 is 1.17 bits per heavy atom. The Kier molecular flexibility index (Phi) is 7.00. The molecule has 9 heteroatoms. The van der Waals surface area contributed by atoms with E-state index in [1.807, 2.05) is 35.2 Å². The summed E-state index contributed by atoms with van der Waals surface area (Å²) in [6.07, 6.45) is 8.24. The molecule has 1 aromatic heterocycles. The number of hydrogen-bond acceptors (Lipinski definition) is 5. The predicted molar refractivity (Wildman–Crippen MR) is 132 cm³/mol. The van der Waals surface area contributed by atoms with E-state index in [9.17, 15) is 9.59 Å². The highest BCUT2D eigenvalue weighted by atomic mass is 35.5. The second-order valence-electron chi connectivity index (χ2n) is 10.2. The number of carbonyl (C=O) groups excluding carboxylic acids is 2. The van der Waals surface area contributed by atoms with Gasteiger partial charge in [-0.05, 0) is 49.3 Å². The molecule has 35 heavy (non-hydrogen) atoms. The Hall–Kier alpha value is -2.61. The maximum absolute atomic E-state index is 13.9. The zero-order chi connectivity index (χ0) is 24.5. The molecule has 5 rings (SSSR count). The van der Waals surface area contributed by atoms with E-state index in [4.69, 9.17) is 16.3 Å². The highest BCUT2D eigenvalue weighted by Crippen LogP contribution is 2.43. The molecule has 1 saturated heterocycles. The van der Waals surface area contributed by atoms with Crippen LogP contribution in [0.4, 0.5) is 0 Å². The van der Waals surface area contributed by atoms with E-state index in [-0.39, 0.29) is 30.4 Å².